The third-order valence-corrected chi connectivity index (χ3v) is 8.48. The van der Waals surface area contributed by atoms with E-state index in [4.69, 9.17) is 15.0 Å². The molecule has 0 aromatic carbocycles. The lowest BCUT2D eigenvalue weighted by Gasteiger charge is -2.39. The Morgan fingerprint density at radius 1 is 1.14 bits per heavy atom. The summed E-state index contributed by atoms with van der Waals surface area (Å²) in [5.41, 5.74) is 3.39. The van der Waals surface area contributed by atoms with Crippen LogP contribution in [0.1, 0.15) is 50.4 Å². The maximum atomic E-state index is 13.4. The van der Waals surface area contributed by atoms with Crippen molar-refractivity contribution in [1.82, 2.24) is 19.9 Å². The van der Waals surface area contributed by atoms with Crippen molar-refractivity contribution in [2.75, 3.05) is 23.8 Å². The van der Waals surface area contributed by atoms with E-state index >= 15 is 0 Å². The number of nitrogens with zero attached hydrogens (tertiary/aromatic N) is 4. The first kappa shape index (κ1) is 24.2. The van der Waals surface area contributed by atoms with Crippen molar-refractivity contribution < 1.29 is 13.9 Å². The van der Waals surface area contributed by atoms with Gasteiger partial charge in [-0.2, -0.15) is 4.98 Å². The number of aromatic nitrogens is 4. The predicted molar refractivity (Wildman–Crippen MR) is 135 cm³/mol. The first-order valence-corrected chi connectivity index (χ1v) is 13.1. The first-order chi connectivity index (χ1) is 16.7. The van der Waals surface area contributed by atoms with Crippen molar-refractivity contribution >= 4 is 33.3 Å². The average Bonchev–Trinajstić information content (AvgIpc) is 3.43. The molecule has 3 heterocycles. The summed E-state index contributed by atoms with van der Waals surface area (Å²) in [5, 5.41) is 17.1. The van der Waals surface area contributed by atoms with Crippen LogP contribution < -0.4 is 10.6 Å². The minimum absolute atomic E-state index is 0.0985. The van der Waals surface area contributed by atoms with Gasteiger partial charge in [-0.25, -0.2) is 18.7 Å². The van der Waals surface area contributed by atoms with Crippen LogP contribution in [0.2, 0.25) is 0 Å². The standard InChI is InChI=1S/C25H32F2N6OS/c1-13(18-9-25(26,27)10-18)30-24-31-14(2)20(23-32-21-15(3)28-7-6-19(21)35-23)22(33-24)29-11-16-4-5-17(8-16)12-34/h6-7,13,16-18,34H,4-5,8-12H2,1-3H3,(H2,29,30,31,33)/t13?,16-,17+/m0/s1. The van der Waals surface area contributed by atoms with Crippen molar-refractivity contribution in [1.29, 1.82) is 0 Å². The van der Waals surface area contributed by atoms with E-state index in [1.54, 1.807) is 17.5 Å². The number of rotatable bonds is 8. The quantitative estimate of drug-likeness (QED) is 0.378. The third-order valence-electron chi connectivity index (χ3n) is 7.45. The van der Waals surface area contributed by atoms with Crippen LogP contribution in [0.15, 0.2) is 12.3 Å². The second kappa shape index (κ2) is 9.54. The molecule has 0 bridgehead atoms. The largest absolute Gasteiger partial charge is 0.396 e. The van der Waals surface area contributed by atoms with E-state index in [1.165, 1.54) is 0 Å². The lowest BCUT2D eigenvalue weighted by atomic mass is 9.77. The predicted octanol–water partition coefficient (Wildman–Crippen LogP) is 5.43. The number of anilines is 2. The summed E-state index contributed by atoms with van der Waals surface area (Å²) < 4.78 is 27.8. The molecule has 0 aliphatic heterocycles. The number of pyridine rings is 1. The smallest absolute Gasteiger partial charge is 0.248 e. The molecule has 2 aliphatic carbocycles. The van der Waals surface area contributed by atoms with Gasteiger partial charge in [0.15, 0.2) is 0 Å². The fourth-order valence-electron chi connectivity index (χ4n) is 5.26. The number of nitrogens with one attached hydrogen (secondary N) is 2. The van der Waals surface area contributed by atoms with E-state index < -0.39 is 5.92 Å². The Hall–Kier alpha value is -2.46. The van der Waals surface area contributed by atoms with Crippen molar-refractivity contribution in [3.05, 3.63) is 23.7 Å². The Balaban J connectivity index is 1.44. The summed E-state index contributed by atoms with van der Waals surface area (Å²) in [5.74, 6) is -0.685. The maximum absolute atomic E-state index is 13.4. The first-order valence-electron chi connectivity index (χ1n) is 12.3. The van der Waals surface area contributed by atoms with Gasteiger partial charge in [-0.15, -0.1) is 11.3 Å². The lowest BCUT2D eigenvalue weighted by Crippen LogP contribution is -2.44. The van der Waals surface area contributed by atoms with Gasteiger partial charge in [-0.1, -0.05) is 0 Å². The molecule has 3 N–H and O–H groups in total. The molecule has 1 unspecified atom stereocenters. The van der Waals surface area contributed by atoms with Gasteiger partial charge in [0.05, 0.1) is 21.7 Å². The fraction of sp³-hybridized carbons (Fsp3) is 0.600. The highest BCUT2D eigenvalue weighted by molar-refractivity contribution is 7.21. The Labute approximate surface area is 207 Å². The lowest BCUT2D eigenvalue weighted by molar-refractivity contribution is -0.113. The van der Waals surface area contributed by atoms with E-state index in [-0.39, 0.29) is 31.4 Å². The highest BCUT2D eigenvalue weighted by Gasteiger charge is 2.47. The number of hydrogen-bond donors (Lipinski definition) is 3. The maximum Gasteiger partial charge on any atom is 0.248 e. The number of alkyl halides is 2. The van der Waals surface area contributed by atoms with E-state index in [2.05, 4.69) is 15.6 Å². The van der Waals surface area contributed by atoms with Gasteiger partial charge in [0.2, 0.25) is 11.9 Å². The van der Waals surface area contributed by atoms with Crippen LogP contribution in [-0.2, 0) is 0 Å². The molecule has 2 aliphatic rings. The van der Waals surface area contributed by atoms with Crippen molar-refractivity contribution in [3.8, 4) is 10.6 Å². The van der Waals surface area contributed by atoms with Crippen LogP contribution in [0.4, 0.5) is 20.5 Å². The second-order valence-corrected chi connectivity index (χ2v) is 11.2. The molecule has 5 rings (SSSR count). The third kappa shape index (κ3) is 5.09. The van der Waals surface area contributed by atoms with Crippen LogP contribution in [0.3, 0.4) is 0 Å². The highest BCUT2D eigenvalue weighted by Crippen LogP contribution is 2.44. The molecule has 3 atom stereocenters. The summed E-state index contributed by atoms with van der Waals surface area (Å²) in [4.78, 5) is 18.7. The van der Waals surface area contributed by atoms with Gasteiger partial charge in [0.1, 0.15) is 16.3 Å². The van der Waals surface area contributed by atoms with E-state index in [9.17, 15) is 13.9 Å². The number of aliphatic hydroxyl groups is 1. The van der Waals surface area contributed by atoms with Gasteiger partial charge in [-0.3, -0.25) is 4.98 Å². The molecular weight excluding hydrogens is 470 g/mol. The molecular formula is C25H32F2N6OS. The van der Waals surface area contributed by atoms with E-state index in [1.807, 2.05) is 26.8 Å². The molecule has 0 radical (unpaired) electrons. The summed E-state index contributed by atoms with van der Waals surface area (Å²) >= 11 is 1.58. The van der Waals surface area contributed by atoms with Crippen LogP contribution in [0.25, 0.3) is 20.8 Å². The normalized spacial score (nSPS) is 22.8. The van der Waals surface area contributed by atoms with Crippen LogP contribution >= 0.6 is 11.3 Å². The van der Waals surface area contributed by atoms with Gasteiger partial charge in [-0.05, 0) is 63.9 Å². The summed E-state index contributed by atoms with van der Waals surface area (Å²) in [6, 6.07) is 1.82. The van der Waals surface area contributed by atoms with Crippen molar-refractivity contribution in [2.45, 2.75) is 64.8 Å². The summed E-state index contributed by atoms with van der Waals surface area (Å²) in [6.07, 6.45) is 4.69. The number of fused-ring (bicyclic) bond motifs is 1. The number of aliphatic hydroxyl groups excluding tert-OH is 1. The molecule has 188 valence electrons. The summed E-state index contributed by atoms with van der Waals surface area (Å²) in [6.45, 7) is 6.78. The number of aryl methyl sites for hydroxylation is 2. The van der Waals surface area contributed by atoms with Crippen LogP contribution in [-0.4, -0.2) is 50.2 Å². The molecule has 3 aromatic rings. The SMILES string of the molecule is Cc1nc(NC(C)C2CC(F)(F)C2)nc(NC[C@H]2CC[C@@H](CO)C2)c1-c1nc2c(C)nccc2s1. The molecule has 0 spiro atoms. The molecule has 3 aromatic heterocycles. The Morgan fingerprint density at radius 3 is 2.60 bits per heavy atom. The molecule has 0 amide bonds. The minimum atomic E-state index is -2.55. The Bertz CT molecular complexity index is 1210. The molecule has 35 heavy (non-hydrogen) atoms. The van der Waals surface area contributed by atoms with Crippen LogP contribution in [0, 0.1) is 31.6 Å². The van der Waals surface area contributed by atoms with Crippen LogP contribution in [0.5, 0.6) is 0 Å². The number of thiazole rings is 1. The zero-order chi connectivity index (χ0) is 24.7. The average molecular weight is 503 g/mol. The zero-order valence-electron chi connectivity index (χ0n) is 20.3. The molecule has 7 nitrogen and oxygen atoms in total. The zero-order valence-corrected chi connectivity index (χ0v) is 21.1. The minimum Gasteiger partial charge on any atom is -0.396 e. The molecule has 2 fully saturated rings. The van der Waals surface area contributed by atoms with Gasteiger partial charge >= 0.3 is 0 Å². The fourth-order valence-corrected chi connectivity index (χ4v) is 6.37. The Morgan fingerprint density at radius 2 is 1.91 bits per heavy atom. The highest BCUT2D eigenvalue weighted by atomic mass is 32.1. The summed E-state index contributed by atoms with van der Waals surface area (Å²) in [7, 11) is 0. The second-order valence-electron chi connectivity index (χ2n) is 10.2. The monoisotopic (exact) mass is 502 g/mol. The molecule has 0 saturated heterocycles. The molecule has 2 saturated carbocycles. The van der Waals surface area contributed by atoms with Gasteiger partial charge < -0.3 is 15.7 Å². The van der Waals surface area contributed by atoms with E-state index in [0.717, 1.165) is 58.0 Å². The van der Waals surface area contributed by atoms with Gasteiger partial charge in [0, 0.05) is 38.2 Å². The topological polar surface area (TPSA) is 95.9 Å². The number of hydrogen-bond acceptors (Lipinski definition) is 8. The van der Waals surface area contributed by atoms with Crippen molar-refractivity contribution in [3.63, 3.8) is 0 Å². The Kier molecular flexibility index (Phi) is 6.61. The molecule has 10 heteroatoms. The van der Waals surface area contributed by atoms with Gasteiger partial charge in [0.25, 0.3) is 0 Å². The number of halogens is 2. The van der Waals surface area contributed by atoms with E-state index in [0.29, 0.717) is 23.6 Å². The van der Waals surface area contributed by atoms with Crippen molar-refractivity contribution in [2.24, 2.45) is 17.8 Å².